The van der Waals surface area contributed by atoms with E-state index in [-0.39, 0.29) is 0 Å². The molecule has 0 aliphatic rings. The van der Waals surface area contributed by atoms with Crippen LogP contribution in [-0.2, 0) is 13.0 Å². The second kappa shape index (κ2) is 19.9. The molecule has 0 atom stereocenters. The summed E-state index contributed by atoms with van der Waals surface area (Å²) in [5.41, 5.74) is 4.38. The molecule has 0 aliphatic carbocycles. The van der Waals surface area contributed by atoms with Gasteiger partial charge in [0.25, 0.3) is 0 Å². The molecule has 0 saturated carbocycles. The van der Waals surface area contributed by atoms with Crippen molar-refractivity contribution >= 4 is 22.6 Å². The van der Waals surface area contributed by atoms with Crippen LogP contribution in [0.3, 0.4) is 0 Å². The summed E-state index contributed by atoms with van der Waals surface area (Å²) in [5.74, 6) is 3.47. The molecule has 0 amide bonds. The summed E-state index contributed by atoms with van der Waals surface area (Å²) in [7, 11) is 0. The summed E-state index contributed by atoms with van der Waals surface area (Å²) in [5, 5.41) is 0.721. The average molecular weight is 714 g/mol. The second-order valence-electron chi connectivity index (χ2n) is 12.4. The number of nitrogens with zero attached hydrogens (tertiary/aromatic N) is 4. The standard InChI is InChI=1S/C41H52ClN5O4/c1-5-46(6-2)22-11-24-48-35-27-37-40(39(29-35)50-25-12-23-47(7-3)8-4)45-41(44-37)36-19-18-34(49-26-20-31-14-16-32(42)17-15-31)28-38(36)51-30-33-13-9-10-21-43-33/h9-10,13-19,21,27-29H,5-8,11-12,20,22-26,30H2,1-4H3,(H,44,45). The molecule has 2 heterocycles. The maximum Gasteiger partial charge on any atom is 0.150 e. The van der Waals surface area contributed by atoms with Crippen LogP contribution in [0.1, 0.15) is 51.8 Å². The van der Waals surface area contributed by atoms with Gasteiger partial charge in [0.2, 0.25) is 0 Å². The molecule has 5 rings (SSSR count). The third-order valence-electron chi connectivity index (χ3n) is 8.96. The van der Waals surface area contributed by atoms with E-state index in [1.807, 2.05) is 72.8 Å². The van der Waals surface area contributed by atoms with Gasteiger partial charge < -0.3 is 33.7 Å². The Morgan fingerprint density at radius 1 is 0.686 bits per heavy atom. The Balaban J connectivity index is 1.39. The van der Waals surface area contributed by atoms with Crippen molar-refractivity contribution in [2.24, 2.45) is 0 Å². The Hall–Kier alpha value is -4.31. The van der Waals surface area contributed by atoms with Gasteiger partial charge in [-0.25, -0.2) is 4.98 Å². The van der Waals surface area contributed by atoms with E-state index in [1.165, 1.54) is 0 Å². The first-order chi connectivity index (χ1) is 25.0. The van der Waals surface area contributed by atoms with E-state index in [0.29, 0.717) is 49.5 Å². The monoisotopic (exact) mass is 713 g/mol. The largest absolute Gasteiger partial charge is 0.493 e. The first-order valence-corrected chi connectivity index (χ1v) is 18.7. The lowest BCUT2D eigenvalue weighted by molar-refractivity contribution is 0.243. The number of imidazole rings is 1. The molecular weight excluding hydrogens is 662 g/mol. The zero-order valence-electron chi connectivity index (χ0n) is 30.5. The van der Waals surface area contributed by atoms with Crippen molar-refractivity contribution in [2.45, 2.75) is 53.6 Å². The molecular formula is C41H52ClN5O4. The van der Waals surface area contributed by atoms with Gasteiger partial charge in [-0.05, 0) is 81.0 Å². The number of fused-ring (bicyclic) bond motifs is 1. The maximum atomic E-state index is 6.41. The number of nitrogens with one attached hydrogen (secondary N) is 1. The van der Waals surface area contributed by atoms with Crippen LogP contribution < -0.4 is 18.9 Å². The van der Waals surface area contributed by atoms with Crippen molar-refractivity contribution in [2.75, 3.05) is 59.1 Å². The summed E-state index contributed by atoms with van der Waals surface area (Å²) in [6.07, 6.45) is 4.38. The van der Waals surface area contributed by atoms with Crippen LogP contribution in [-0.4, -0.2) is 83.8 Å². The number of hydrogen-bond donors (Lipinski definition) is 1. The number of H-pyrrole nitrogens is 1. The lowest BCUT2D eigenvalue weighted by Crippen LogP contribution is -2.25. The molecule has 10 heteroatoms. The predicted molar refractivity (Wildman–Crippen MR) is 207 cm³/mol. The van der Waals surface area contributed by atoms with Gasteiger partial charge in [-0.2, -0.15) is 0 Å². The minimum atomic E-state index is 0.300. The van der Waals surface area contributed by atoms with Crippen LogP contribution in [0.5, 0.6) is 23.0 Å². The van der Waals surface area contributed by atoms with E-state index in [1.54, 1.807) is 6.20 Å². The van der Waals surface area contributed by atoms with Crippen molar-refractivity contribution in [1.29, 1.82) is 0 Å². The quantitative estimate of drug-likeness (QED) is 0.0714. The van der Waals surface area contributed by atoms with Gasteiger partial charge >= 0.3 is 0 Å². The molecule has 5 aromatic rings. The predicted octanol–water partition coefficient (Wildman–Crippen LogP) is 8.70. The maximum absolute atomic E-state index is 6.41. The molecule has 0 unspecified atom stereocenters. The minimum Gasteiger partial charge on any atom is -0.493 e. The van der Waals surface area contributed by atoms with Gasteiger partial charge in [-0.15, -0.1) is 0 Å². The van der Waals surface area contributed by atoms with E-state index in [2.05, 4.69) is 47.5 Å². The van der Waals surface area contributed by atoms with E-state index < -0.39 is 0 Å². The summed E-state index contributed by atoms with van der Waals surface area (Å²) < 4.78 is 25.2. The van der Waals surface area contributed by atoms with Gasteiger partial charge in [0, 0.05) is 48.9 Å². The number of hydrogen-bond acceptors (Lipinski definition) is 8. The Morgan fingerprint density at radius 3 is 2.06 bits per heavy atom. The highest BCUT2D eigenvalue weighted by atomic mass is 35.5. The van der Waals surface area contributed by atoms with Crippen LogP contribution in [0.15, 0.2) is 79.0 Å². The van der Waals surface area contributed by atoms with Crippen molar-refractivity contribution in [1.82, 2.24) is 24.8 Å². The third kappa shape index (κ3) is 11.3. The number of benzene rings is 3. The smallest absolute Gasteiger partial charge is 0.150 e. The molecule has 9 nitrogen and oxygen atoms in total. The van der Waals surface area contributed by atoms with Crippen LogP contribution in [0.4, 0.5) is 0 Å². The van der Waals surface area contributed by atoms with Crippen LogP contribution in [0.25, 0.3) is 22.4 Å². The van der Waals surface area contributed by atoms with Gasteiger partial charge in [0.1, 0.15) is 35.2 Å². The molecule has 0 aliphatic heterocycles. The normalized spacial score (nSPS) is 11.4. The first-order valence-electron chi connectivity index (χ1n) is 18.3. The van der Waals surface area contributed by atoms with Crippen molar-refractivity contribution < 1.29 is 18.9 Å². The number of ether oxygens (including phenoxy) is 4. The van der Waals surface area contributed by atoms with Crippen LogP contribution in [0.2, 0.25) is 5.02 Å². The van der Waals surface area contributed by atoms with Gasteiger partial charge in [-0.1, -0.05) is 57.5 Å². The minimum absolute atomic E-state index is 0.300. The molecule has 272 valence electrons. The average Bonchev–Trinajstić information content (AvgIpc) is 3.59. The first kappa shape index (κ1) is 37.9. The lowest BCUT2D eigenvalue weighted by atomic mass is 10.1. The molecule has 0 saturated heterocycles. The third-order valence-corrected chi connectivity index (χ3v) is 9.21. The highest BCUT2D eigenvalue weighted by Crippen LogP contribution is 2.37. The Kier molecular flexibility index (Phi) is 14.8. The highest BCUT2D eigenvalue weighted by Gasteiger charge is 2.18. The Bertz CT molecular complexity index is 1760. The number of rotatable bonds is 22. The van der Waals surface area contributed by atoms with E-state index >= 15 is 0 Å². The molecule has 0 bridgehead atoms. The zero-order valence-corrected chi connectivity index (χ0v) is 31.3. The van der Waals surface area contributed by atoms with Crippen molar-refractivity contribution in [3.8, 4) is 34.4 Å². The van der Waals surface area contributed by atoms with Crippen molar-refractivity contribution in [3.05, 3.63) is 95.3 Å². The molecule has 3 aromatic carbocycles. The molecule has 1 N–H and O–H groups in total. The molecule has 51 heavy (non-hydrogen) atoms. The fourth-order valence-electron chi connectivity index (χ4n) is 5.89. The van der Waals surface area contributed by atoms with E-state index in [0.717, 1.165) is 97.2 Å². The number of aromatic amines is 1. The van der Waals surface area contributed by atoms with Crippen molar-refractivity contribution in [3.63, 3.8) is 0 Å². The second-order valence-corrected chi connectivity index (χ2v) is 12.8. The fraction of sp³-hybridized carbons (Fsp3) is 0.415. The number of pyridine rings is 1. The summed E-state index contributed by atoms with van der Waals surface area (Å²) in [6, 6.07) is 23.5. The molecule has 0 spiro atoms. The summed E-state index contributed by atoms with van der Waals surface area (Å²) >= 11 is 6.06. The summed E-state index contributed by atoms with van der Waals surface area (Å²) in [4.78, 5) is 17.9. The number of aromatic nitrogens is 3. The lowest BCUT2D eigenvalue weighted by Gasteiger charge is -2.18. The zero-order chi connectivity index (χ0) is 35.8. The van der Waals surface area contributed by atoms with Gasteiger partial charge in [0.15, 0.2) is 5.75 Å². The number of halogens is 1. The van der Waals surface area contributed by atoms with Crippen LogP contribution >= 0.6 is 11.6 Å². The van der Waals surface area contributed by atoms with E-state index in [9.17, 15) is 0 Å². The fourth-order valence-corrected chi connectivity index (χ4v) is 6.02. The van der Waals surface area contributed by atoms with Gasteiger partial charge in [0.05, 0.1) is 36.6 Å². The van der Waals surface area contributed by atoms with E-state index in [4.69, 9.17) is 35.5 Å². The highest BCUT2D eigenvalue weighted by molar-refractivity contribution is 6.30. The Labute approximate surface area is 307 Å². The Morgan fingerprint density at radius 2 is 1.37 bits per heavy atom. The molecule has 0 radical (unpaired) electrons. The van der Waals surface area contributed by atoms with Gasteiger partial charge in [-0.3, -0.25) is 4.98 Å². The van der Waals surface area contributed by atoms with Crippen LogP contribution in [0, 0.1) is 0 Å². The molecule has 2 aromatic heterocycles. The topological polar surface area (TPSA) is 85.0 Å². The summed E-state index contributed by atoms with van der Waals surface area (Å²) in [6.45, 7) is 16.9. The molecule has 0 fully saturated rings. The SMILES string of the molecule is CCN(CC)CCCOc1cc(OCCCN(CC)CC)c2nc(-c3ccc(OCCc4ccc(Cl)cc4)cc3OCc3ccccn3)[nH]c2c1.